The Morgan fingerprint density at radius 2 is 0.885 bits per heavy atom. The number of hydrogen-bond acceptors (Lipinski definition) is 9. The summed E-state index contributed by atoms with van der Waals surface area (Å²) in [6, 6.07) is 0. The van der Waals surface area contributed by atoms with Crippen molar-refractivity contribution in [1.82, 2.24) is 0 Å². The van der Waals surface area contributed by atoms with Gasteiger partial charge in [0, 0.05) is 0 Å². The number of halogens is 2. The number of hydrogen-bond donors (Lipinski definition) is 4. The summed E-state index contributed by atoms with van der Waals surface area (Å²) < 4.78 is 126. The van der Waals surface area contributed by atoms with Gasteiger partial charge in [-0.2, -0.15) is 33.7 Å². The fraction of sp³-hybridized carbons (Fsp3) is 0. The molecule has 148 valence electrons. The quantitative estimate of drug-likeness (QED) is 0.145. The van der Waals surface area contributed by atoms with Gasteiger partial charge in [0.15, 0.2) is 4.98 Å². The van der Waals surface area contributed by atoms with Crippen molar-refractivity contribution in [3.05, 3.63) is 8.55 Å². The summed E-state index contributed by atoms with van der Waals surface area (Å²) in [5.41, 5.74) is -1.98. The normalized spacial score (nSPS) is 12.9. The highest BCUT2D eigenvalue weighted by Gasteiger charge is 2.48. The molecule has 0 aliphatic heterocycles. The van der Waals surface area contributed by atoms with Crippen LogP contribution < -0.4 is 17.0 Å². The molecule has 0 aliphatic rings. The molecular weight excluding hydrogens is 627 g/mol. The van der Waals surface area contributed by atoms with Crippen molar-refractivity contribution < 1.29 is 68.9 Å². The second kappa shape index (κ2) is 7.48. The van der Waals surface area contributed by atoms with Gasteiger partial charge in [-0.15, -0.1) is 0 Å². The zero-order chi connectivity index (χ0) is 20.2. The molecule has 0 aliphatic carbocycles. The highest BCUT2D eigenvalue weighted by molar-refractivity contribution is 14.1. The van der Waals surface area contributed by atoms with E-state index in [0.29, 0.717) is 22.6 Å². The molecule has 0 radical (unpaired) electrons. The summed E-state index contributed by atoms with van der Waals surface area (Å²) in [6.45, 7) is 0. The summed E-state index contributed by atoms with van der Waals surface area (Å²) in [7, 11) is -22.9. The molecule has 0 fully saturated rings. The molecular formula is C6H4BrIN2O12S4. The molecule has 20 heteroatoms. The Balaban J connectivity index is 0.00000625. The Morgan fingerprint density at radius 1 is 0.654 bits per heavy atom. The van der Waals surface area contributed by atoms with E-state index in [1.54, 1.807) is 0 Å². The number of nitrogens with zero attached hydrogens (tertiary/aromatic N) is 2. The lowest BCUT2D eigenvalue weighted by molar-refractivity contribution is -0.0000214. The molecule has 0 spiro atoms. The van der Waals surface area contributed by atoms with E-state index in [1.807, 2.05) is 0 Å². The SMILES string of the molecule is N#[N+]c1c(S(=O)(=O)O)c(S(=O)(=O)O)c(I)c(S(=O)(=O)O)c1S(=O)(=O)O.[Br-]. The molecule has 0 heterocycles. The standard InChI is InChI=1S/C6H3IN2O12S4.BrH/c7-1-3(22(10,11)12)5(24(16,17)18)2(9-8)6(25(19,20)21)4(1)23(13,14)15;/h(H3-,10,11,12,13,14,15,16,17,18,19,20,21);1H. The van der Waals surface area contributed by atoms with Crippen LogP contribution in [0.5, 0.6) is 0 Å². The predicted octanol–water partition coefficient (Wildman–Crippen LogP) is -3.23. The molecule has 1 rings (SSSR count). The third kappa shape index (κ3) is 4.85. The van der Waals surface area contributed by atoms with Gasteiger partial charge in [0.25, 0.3) is 20.2 Å². The van der Waals surface area contributed by atoms with Crippen LogP contribution >= 0.6 is 22.6 Å². The summed E-state index contributed by atoms with van der Waals surface area (Å²) in [4.78, 5) is -5.87. The van der Waals surface area contributed by atoms with Crippen LogP contribution in [0.25, 0.3) is 4.98 Å². The lowest BCUT2D eigenvalue weighted by Gasteiger charge is -2.11. The molecule has 0 amide bonds. The first-order valence-electron chi connectivity index (χ1n) is 4.99. The summed E-state index contributed by atoms with van der Waals surface area (Å²) in [6.07, 6.45) is 0. The fourth-order valence-corrected chi connectivity index (χ4v) is 8.38. The number of rotatable bonds is 4. The first-order chi connectivity index (χ1) is 10.8. The minimum atomic E-state index is -5.78. The van der Waals surface area contributed by atoms with E-state index in [4.69, 9.17) is 23.6 Å². The van der Waals surface area contributed by atoms with Crippen LogP contribution in [0.15, 0.2) is 19.6 Å². The third-order valence-electron chi connectivity index (χ3n) is 2.37. The zero-order valence-corrected chi connectivity index (χ0v) is 18.3. The van der Waals surface area contributed by atoms with Crippen molar-refractivity contribution in [2.75, 3.05) is 0 Å². The van der Waals surface area contributed by atoms with E-state index in [9.17, 15) is 33.7 Å². The lowest BCUT2D eigenvalue weighted by Crippen LogP contribution is -3.00. The number of diazo groups is 1. The monoisotopic (exact) mass is 630 g/mol. The largest absolute Gasteiger partial charge is 1.00 e. The Morgan fingerprint density at radius 3 is 1.04 bits per heavy atom. The van der Waals surface area contributed by atoms with E-state index in [1.165, 1.54) is 0 Å². The highest BCUT2D eigenvalue weighted by Crippen LogP contribution is 2.44. The maximum absolute atomic E-state index is 11.4. The van der Waals surface area contributed by atoms with Gasteiger partial charge in [-0.3, -0.25) is 18.2 Å². The predicted molar refractivity (Wildman–Crippen MR) is 83.2 cm³/mol. The Labute approximate surface area is 170 Å². The van der Waals surface area contributed by atoms with Gasteiger partial charge in [0.1, 0.15) is 9.79 Å². The minimum Gasteiger partial charge on any atom is -1.00 e. The maximum atomic E-state index is 11.4. The summed E-state index contributed by atoms with van der Waals surface area (Å²) in [5, 5.41) is 8.82. The van der Waals surface area contributed by atoms with Gasteiger partial charge in [0.05, 0.1) is 3.57 Å². The van der Waals surface area contributed by atoms with Crippen LogP contribution in [-0.4, -0.2) is 51.9 Å². The van der Waals surface area contributed by atoms with Crippen molar-refractivity contribution in [2.24, 2.45) is 0 Å². The smallest absolute Gasteiger partial charge is 0.429 e. The van der Waals surface area contributed by atoms with Crippen LogP contribution in [0.4, 0.5) is 5.69 Å². The third-order valence-corrected chi connectivity index (χ3v) is 8.12. The minimum absolute atomic E-state index is 0. The highest BCUT2D eigenvalue weighted by atomic mass is 127. The first-order valence-corrected chi connectivity index (χ1v) is 11.8. The van der Waals surface area contributed by atoms with Gasteiger partial charge < -0.3 is 17.0 Å². The Kier molecular flexibility index (Phi) is 7.34. The second-order valence-corrected chi connectivity index (χ2v) is 10.5. The van der Waals surface area contributed by atoms with Crippen molar-refractivity contribution in [2.45, 2.75) is 19.6 Å². The van der Waals surface area contributed by atoms with E-state index >= 15 is 0 Å². The van der Waals surface area contributed by atoms with E-state index in [2.05, 4.69) is 4.98 Å². The molecule has 0 bridgehead atoms. The van der Waals surface area contributed by atoms with Crippen LogP contribution in [0, 0.1) is 8.96 Å². The Hall–Kier alpha value is -0.510. The molecule has 0 atom stereocenters. The molecule has 1 aromatic rings. The summed E-state index contributed by atoms with van der Waals surface area (Å²) in [5.74, 6) is 0. The van der Waals surface area contributed by atoms with Gasteiger partial charge in [-0.1, -0.05) is 0 Å². The van der Waals surface area contributed by atoms with Crippen LogP contribution in [-0.2, 0) is 40.5 Å². The molecule has 1 aromatic carbocycles. The maximum Gasteiger partial charge on any atom is 0.429 e. The summed E-state index contributed by atoms with van der Waals surface area (Å²) >= 11 is 0.703. The molecule has 0 saturated heterocycles. The van der Waals surface area contributed by atoms with Gasteiger partial charge in [-0.05, 0) is 22.6 Å². The van der Waals surface area contributed by atoms with E-state index < -0.39 is 69.3 Å². The molecule has 14 nitrogen and oxygen atoms in total. The number of benzene rings is 1. The van der Waals surface area contributed by atoms with E-state index in [0.717, 1.165) is 0 Å². The topological polar surface area (TPSA) is 246 Å². The molecule has 0 saturated carbocycles. The lowest BCUT2D eigenvalue weighted by atomic mass is 10.3. The average molecular weight is 631 g/mol. The fourth-order valence-electron chi connectivity index (χ4n) is 1.65. The zero-order valence-electron chi connectivity index (χ0n) is 11.3. The van der Waals surface area contributed by atoms with Crippen LogP contribution in [0.3, 0.4) is 0 Å². The van der Waals surface area contributed by atoms with Gasteiger partial charge >= 0.3 is 25.9 Å². The Bertz CT molecular complexity index is 1150. The van der Waals surface area contributed by atoms with Gasteiger partial charge in [-0.25, -0.2) is 0 Å². The van der Waals surface area contributed by atoms with E-state index in [-0.39, 0.29) is 17.0 Å². The van der Waals surface area contributed by atoms with Crippen molar-refractivity contribution in [3.8, 4) is 0 Å². The average Bonchev–Trinajstić information content (AvgIpc) is 2.31. The molecule has 0 aromatic heterocycles. The molecule has 0 unspecified atom stereocenters. The van der Waals surface area contributed by atoms with Gasteiger partial charge in [0.2, 0.25) is 15.2 Å². The van der Waals surface area contributed by atoms with Crippen molar-refractivity contribution >= 4 is 68.8 Å². The molecule has 26 heavy (non-hydrogen) atoms. The first kappa shape index (κ1) is 25.5. The second-order valence-electron chi connectivity index (χ2n) is 3.98. The molecule has 4 N–H and O–H groups in total. The van der Waals surface area contributed by atoms with Crippen LogP contribution in [0.1, 0.15) is 0 Å². The van der Waals surface area contributed by atoms with Crippen LogP contribution in [0.2, 0.25) is 0 Å². The van der Waals surface area contributed by atoms with Crippen molar-refractivity contribution in [1.29, 1.82) is 5.39 Å². The van der Waals surface area contributed by atoms with Crippen molar-refractivity contribution in [3.63, 3.8) is 0 Å².